The van der Waals surface area contributed by atoms with Crippen LogP contribution in [0.3, 0.4) is 0 Å². The van der Waals surface area contributed by atoms with Crippen LogP contribution in [0.5, 0.6) is 0 Å². The number of likely N-dealkylation sites (tertiary alicyclic amines) is 1. The van der Waals surface area contributed by atoms with E-state index in [2.05, 4.69) is 22.0 Å². The summed E-state index contributed by atoms with van der Waals surface area (Å²) in [4.78, 5) is 6.86. The van der Waals surface area contributed by atoms with Gasteiger partial charge in [0.2, 0.25) is 5.89 Å². The van der Waals surface area contributed by atoms with Crippen LogP contribution in [-0.2, 0) is 22.4 Å². The minimum Gasteiger partial charge on any atom is -0.350 e. The molecule has 0 aliphatic carbocycles. The van der Waals surface area contributed by atoms with E-state index in [1.807, 2.05) is 0 Å². The Labute approximate surface area is 125 Å². The Bertz CT molecular complexity index is 424. The smallest absolute Gasteiger partial charge is 0.226 e. The van der Waals surface area contributed by atoms with E-state index in [9.17, 15) is 0 Å². The van der Waals surface area contributed by atoms with Crippen molar-refractivity contribution in [3.8, 4) is 0 Å². The molecule has 3 heterocycles. The van der Waals surface area contributed by atoms with E-state index in [-0.39, 0.29) is 6.29 Å². The van der Waals surface area contributed by atoms with Crippen LogP contribution in [-0.4, -0.2) is 47.6 Å². The molecule has 2 fully saturated rings. The first-order chi connectivity index (χ1) is 10.3. The summed E-state index contributed by atoms with van der Waals surface area (Å²) in [5.41, 5.74) is 0. The van der Waals surface area contributed by atoms with Crippen molar-refractivity contribution < 1.29 is 14.0 Å². The van der Waals surface area contributed by atoms with Crippen molar-refractivity contribution in [3.63, 3.8) is 0 Å². The summed E-state index contributed by atoms with van der Waals surface area (Å²) in [6.45, 7) is 6.54. The second kappa shape index (κ2) is 7.33. The Morgan fingerprint density at radius 2 is 1.95 bits per heavy atom. The van der Waals surface area contributed by atoms with E-state index in [0.717, 1.165) is 76.7 Å². The normalized spacial score (nSPS) is 22.1. The highest BCUT2D eigenvalue weighted by atomic mass is 16.7. The van der Waals surface area contributed by atoms with Crippen molar-refractivity contribution in [2.45, 2.75) is 51.9 Å². The number of unbranched alkanes of at least 4 members (excludes halogenated alkanes) is 1. The minimum atomic E-state index is 0.0259. The van der Waals surface area contributed by atoms with E-state index in [0.29, 0.717) is 5.92 Å². The largest absolute Gasteiger partial charge is 0.350 e. The van der Waals surface area contributed by atoms with Crippen molar-refractivity contribution in [2.24, 2.45) is 5.92 Å². The van der Waals surface area contributed by atoms with Gasteiger partial charge < -0.3 is 14.0 Å². The number of nitrogens with zero attached hydrogens (tertiary/aromatic N) is 3. The molecular weight excluding hydrogens is 270 g/mol. The van der Waals surface area contributed by atoms with E-state index in [1.165, 1.54) is 0 Å². The molecule has 21 heavy (non-hydrogen) atoms. The maximum absolute atomic E-state index is 5.61. The molecule has 1 aromatic rings. The second-order valence-electron chi connectivity index (χ2n) is 5.93. The molecule has 0 saturated carbocycles. The summed E-state index contributed by atoms with van der Waals surface area (Å²) in [5.74, 6) is 2.12. The Balaban J connectivity index is 1.43. The van der Waals surface area contributed by atoms with Crippen molar-refractivity contribution in [2.75, 3.05) is 26.3 Å². The number of ether oxygens (including phenoxy) is 2. The lowest BCUT2D eigenvalue weighted by molar-refractivity contribution is -0.0979. The molecular formula is C15H25N3O3. The maximum Gasteiger partial charge on any atom is 0.226 e. The summed E-state index contributed by atoms with van der Waals surface area (Å²) < 4.78 is 16.5. The molecule has 0 radical (unpaired) electrons. The monoisotopic (exact) mass is 295 g/mol. The van der Waals surface area contributed by atoms with Gasteiger partial charge in [0, 0.05) is 12.3 Å². The Hall–Kier alpha value is -0.980. The molecule has 2 aliphatic rings. The third-order valence-electron chi connectivity index (χ3n) is 4.28. The fourth-order valence-electron chi connectivity index (χ4n) is 3.02. The van der Waals surface area contributed by atoms with E-state index in [4.69, 9.17) is 14.0 Å². The van der Waals surface area contributed by atoms with Crippen LogP contribution in [0, 0.1) is 5.92 Å². The van der Waals surface area contributed by atoms with Crippen LogP contribution >= 0.6 is 0 Å². The average molecular weight is 295 g/mol. The lowest BCUT2D eigenvalue weighted by Gasteiger charge is -2.33. The summed E-state index contributed by atoms with van der Waals surface area (Å²) >= 11 is 0. The van der Waals surface area contributed by atoms with Gasteiger partial charge in [-0.15, -0.1) is 0 Å². The average Bonchev–Trinajstić information content (AvgIpc) is 3.17. The first-order valence-electron chi connectivity index (χ1n) is 8.12. The zero-order valence-corrected chi connectivity index (χ0v) is 12.8. The lowest BCUT2D eigenvalue weighted by Crippen LogP contribution is -2.37. The van der Waals surface area contributed by atoms with Crippen molar-refractivity contribution >= 4 is 0 Å². The molecule has 0 aromatic carbocycles. The molecule has 0 bridgehead atoms. The number of rotatable bonds is 6. The number of hydrogen-bond donors (Lipinski definition) is 0. The predicted octanol–water partition coefficient (Wildman–Crippen LogP) is 2.00. The summed E-state index contributed by atoms with van der Waals surface area (Å²) in [7, 11) is 0. The number of aromatic nitrogens is 2. The van der Waals surface area contributed by atoms with Gasteiger partial charge in [-0.25, -0.2) is 0 Å². The molecule has 0 atom stereocenters. The molecule has 0 unspecified atom stereocenters. The molecule has 6 nitrogen and oxygen atoms in total. The first kappa shape index (κ1) is 14.9. The van der Waals surface area contributed by atoms with Crippen LogP contribution < -0.4 is 0 Å². The van der Waals surface area contributed by atoms with Gasteiger partial charge >= 0.3 is 0 Å². The van der Waals surface area contributed by atoms with Crippen LogP contribution in [0.2, 0.25) is 0 Å². The molecule has 1 aromatic heterocycles. The van der Waals surface area contributed by atoms with Crippen LogP contribution in [0.1, 0.15) is 44.3 Å². The molecule has 118 valence electrons. The highest BCUT2D eigenvalue weighted by Gasteiger charge is 2.30. The quantitative estimate of drug-likeness (QED) is 0.800. The zero-order valence-electron chi connectivity index (χ0n) is 12.8. The number of aryl methyl sites for hydroxylation is 1. The Kier molecular flexibility index (Phi) is 5.22. The first-order valence-corrected chi connectivity index (χ1v) is 8.12. The summed E-state index contributed by atoms with van der Waals surface area (Å²) in [5, 5.41) is 4.08. The lowest BCUT2D eigenvalue weighted by atomic mass is 9.96. The van der Waals surface area contributed by atoms with E-state index < -0.39 is 0 Å². The molecule has 0 N–H and O–H groups in total. The van der Waals surface area contributed by atoms with Crippen molar-refractivity contribution in [3.05, 3.63) is 11.7 Å². The summed E-state index contributed by atoms with van der Waals surface area (Å²) in [6, 6.07) is 0. The topological polar surface area (TPSA) is 60.6 Å². The highest BCUT2D eigenvalue weighted by molar-refractivity contribution is 4.88. The molecule has 3 rings (SSSR count). The van der Waals surface area contributed by atoms with Crippen molar-refractivity contribution in [1.82, 2.24) is 15.0 Å². The van der Waals surface area contributed by atoms with Crippen LogP contribution in [0.25, 0.3) is 0 Å². The van der Waals surface area contributed by atoms with Gasteiger partial charge in [-0.05, 0) is 32.4 Å². The molecule has 2 aliphatic heterocycles. The Morgan fingerprint density at radius 1 is 1.19 bits per heavy atom. The van der Waals surface area contributed by atoms with Gasteiger partial charge in [-0.3, -0.25) is 4.90 Å². The summed E-state index contributed by atoms with van der Waals surface area (Å²) in [6.07, 6.45) is 5.40. The van der Waals surface area contributed by atoms with E-state index >= 15 is 0 Å². The van der Waals surface area contributed by atoms with Crippen LogP contribution in [0.15, 0.2) is 4.52 Å². The van der Waals surface area contributed by atoms with Gasteiger partial charge in [-0.1, -0.05) is 18.5 Å². The molecule has 6 heteroatoms. The van der Waals surface area contributed by atoms with Gasteiger partial charge in [-0.2, -0.15) is 4.98 Å². The number of hydrogen-bond acceptors (Lipinski definition) is 6. The third-order valence-corrected chi connectivity index (χ3v) is 4.28. The van der Waals surface area contributed by atoms with Crippen LogP contribution in [0.4, 0.5) is 0 Å². The molecule has 2 saturated heterocycles. The zero-order chi connectivity index (χ0) is 14.5. The van der Waals surface area contributed by atoms with Gasteiger partial charge in [0.1, 0.15) is 0 Å². The van der Waals surface area contributed by atoms with Crippen molar-refractivity contribution in [1.29, 1.82) is 0 Å². The number of piperidine rings is 1. The van der Waals surface area contributed by atoms with Gasteiger partial charge in [0.05, 0.1) is 19.8 Å². The fraction of sp³-hybridized carbons (Fsp3) is 0.867. The van der Waals surface area contributed by atoms with Gasteiger partial charge in [0.15, 0.2) is 12.1 Å². The molecule has 0 amide bonds. The molecule has 0 spiro atoms. The highest BCUT2D eigenvalue weighted by Crippen LogP contribution is 2.26. The Morgan fingerprint density at radius 3 is 2.67 bits per heavy atom. The standard InChI is InChI=1S/C15H25N3O3/c1-2-3-4-14-16-13(17-21-14)11-18-7-5-12(6-8-18)15-19-9-10-20-15/h12,15H,2-11H2,1H3. The SMILES string of the molecule is CCCCc1nc(CN2CCC(C3OCCO3)CC2)no1. The second-order valence-corrected chi connectivity index (χ2v) is 5.93. The van der Waals surface area contributed by atoms with E-state index in [1.54, 1.807) is 0 Å². The predicted molar refractivity (Wildman–Crippen MR) is 76.6 cm³/mol. The fourth-order valence-corrected chi connectivity index (χ4v) is 3.02. The minimum absolute atomic E-state index is 0.0259. The third kappa shape index (κ3) is 4.02. The maximum atomic E-state index is 5.61. The van der Waals surface area contributed by atoms with Gasteiger partial charge in [0.25, 0.3) is 0 Å².